The molecule has 1 saturated carbocycles. The summed E-state index contributed by atoms with van der Waals surface area (Å²) in [7, 11) is 5.54. The maximum Gasteiger partial charge on any atom is 0.230 e. The van der Waals surface area contributed by atoms with Crippen LogP contribution < -0.4 is 10.6 Å². The predicted molar refractivity (Wildman–Crippen MR) is 119 cm³/mol. The largest absolute Gasteiger partial charge is 0.355 e. The predicted octanol–water partition coefficient (Wildman–Crippen LogP) is 2.29. The molecule has 0 atom stereocenters. The Balaban J connectivity index is 0.00000338. The number of nitrogens with one attached hydrogen (secondary N) is 2. The van der Waals surface area contributed by atoms with Crippen LogP contribution in [-0.4, -0.2) is 75.0 Å². The fourth-order valence-electron chi connectivity index (χ4n) is 4.25. The molecule has 26 heavy (non-hydrogen) atoms. The number of halogens is 1. The zero-order valence-electron chi connectivity index (χ0n) is 17.0. The minimum absolute atomic E-state index is 0. The maximum atomic E-state index is 12.7. The second kappa shape index (κ2) is 11.3. The van der Waals surface area contributed by atoms with E-state index >= 15 is 0 Å². The molecule has 1 aliphatic carbocycles. The van der Waals surface area contributed by atoms with Crippen LogP contribution in [0.1, 0.15) is 51.9 Å². The number of nitrogens with zero attached hydrogens (tertiary/aromatic N) is 3. The zero-order chi connectivity index (χ0) is 18.3. The molecule has 2 rings (SSSR count). The smallest absolute Gasteiger partial charge is 0.230 e. The molecule has 2 fully saturated rings. The Morgan fingerprint density at radius 3 is 2.35 bits per heavy atom. The van der Waals surface area contributed by atoms with Crippen molar-refractivity contribution >= 4 is 35.8 Å². The van der Waals surface area contributed by atoms with Crippen molar-refractivity contribution in [2.75, 3.05) is 47.3 Å². The molecule has 0 spiro atoms. The third-order valence-electron chi connectivity index (χ3n) is 5.71. The standard InChI is InChI=1S/C19H37N5O.HI/c1-5-12-24-13-8-16(9-14-24)22-18(20-2)21-15-19(10-6-7-11-19)17(25)23(3)4;/h16H,5-15H2,1-4H3,(H2,20,21,22);1H. The summed E-state index contributed by atoms with van der Waals surface area (Å²) in [5.74, 6) is 1.09. The Bertz CT molecular complexity index is 455. The Kier molecular flexibility index (Phi) is 10.2. The van der Waals surface area contributed by atoms with Gasteiger partial charge in [-0.05, 0) is 38.6 Å². The quantitative estimate of drug-likeness (QED) is 0.349. The van der Waals surface area contributed by atoms with Crippen molar-refractivity contribution < 1.29 is 4.79 Å². The molecule has 0 aromatic rings. The normalized spacial score (nSPS) is 21.2. The first-order valence-electron chi connectivity index (χ1n) is 9.92. The van der Waals surface area contributed by atoms with Crippen LogP contribution in [0, 0.1) is 5.41 Å². The van der Waals surface area contributed by atoms with Gasteiger partial charge in [0.1, 0.15) is 0 Å². The summed E-state index contributed by atoms with van der Waals surface area (Å²) in [5.41, 5.74) is -0.258. The van der Waals surface area contributed by atoms with E-state index in [4.69, 9.17) is 0 Å². The van der Waals surface area contributed by atoms with Crippen LogP contribution in [0.4, 0.5) is 0 Å². The molecular weight excluding hydrogens is 441 g/mol. The highest BCUT2D eigenvalue weighted by Crippen LogP contribution is 2.38. The molecule has 0 aromatic carbocycles. The van der Waals surface area contributed by atoms with E-state index in [0.717, 1.165) is 57.6 Å². The summed E-state index contributed by atoms with van der Waals surface area (Å²) in [6.45, 7) is 6.44. The lowest BCUT2D eigenvalue weighted by Crippen LogP contribution is -2.52. The van der Waals surface area contributed by atoms with Gasteiger partial charge in [-0.1, -0.05) is 19.8 Å². The third-order valence-corrected chi connectivity index (χ3v) is 5.71. The van der Waals surface area contributed by atoms with E-state index in [9.17, 15) is 4.79 Å². The van der Waals surface area contributed by atoms with E-state index in [1.807, 2.05) is 21.1 Å². The molecule has 152 valence electrons. The number of carbonyl (C=O) groups excluding carboxylic acids is 1. The van der Waals surface area contributed by atoms with Gasteiger partial charge in [0.15, 0.2) is 5.96 Å². The summed E-state index contributed by atoms with van der Waals surface area (Å²) < 4.78 is 0. The average Bonchev–Trinajstić information content (AvgIpc) is 3.09. The van der Waals surface area contributed by atoms with Crippen LogP contribution >= 0.6 is 24.0 Å². The van der Waals surface area contributed by atoms with Gasteiger partial charge in [-0.2, -0.15) is 0 Å². The van der Waals surface area contributed by atoms with Crippen molar-refractivity contribution in [1.82, 2.24) is 20.4 Å². The number of carbonyl (C=O) groups is 1. The van der Waals surface area contributed by atoms with Crippen molar-refractivity contribution in [3.8, 4) is 0 Å². The molecule has 2 aliphatic rings. The zero-order valence-corrected chi connectivity index (χ0v) is 19.3. The molecule has 7 heteroatoms. The lowest BCUT2D eigenvalue weighted by atomic mass is 9.84. The summed E-state index contributed by atoms with van der Waals surface area (Å²) in [6, 6.07) is 0.475. The lowest BCUT2D eigenvalue weighted by molar-refractivity contribution is -0.138. The van der Waals surface area contributed by atoms with E-state index in [1.54, 1.807) is 4.90 Å². The van der Waals surface area contributed by atoms with Crippen LogP contribution in [-0.2, 0) is 4.79 Å². The highest BCUT2D eigenvalue weighted by Gasteiger charge is 2.42. The van der Waals surface area contributed by atoms with Crippen molar-refractivity contribution in [2.24, 2.45) is 10.4 Å². The Labute approximate surface area is 176 Å². The molecule has 0 aromatic heterocycles. The fraction of sp³-hybridized carbons (Fsp3) is 0.895. The molecule has 2 N–H and O–H groups in total. The Morgan fingerprint density at radius 2 is 1.85 bits per heavy atom. The number of hydrogen-bond donors (Lipinski definition) is 2. The molecule has 6 nitrogen and oxygen atoms in total. The molecule has 0 bridgehead atoms. The highest BCUT2D eigenvalue weighted by molar-refractivity contribution is 14.0. The van der Waals surface area contributed by atoms with Crippen LogP contribution in [0.15, 0.2) is 4.99 Å². The van der Waals surface area contributed by atoms with Crippen LogP contribution in [0.5, 0.6) is 0 Å². The van der Waals surface area contributed by atoms with Crippen LogP contribution in [0.25, 0.3) is 0 Å². The second-order valence-electron chi connectivity index (χ2n) is 7.87. The Hall–Kier alpha value is -0.570. The molecular formula is C19H38IN5O. The number of hydrogen-bond acceptors (Lipinski definition) is 3. The monoisotopic (exact) mass is 479 g/mol. The molecule has 1 heterocycles. The molecule has 0 unspecified atom stereocenters. The van der Waals surface area contributed by atoms with Gasteiger partial charge >= 0.3 is 0 Å². The first-order chi connectivity index (χ1) is 12.0. The first-order valence-corrected chi connectivity index (χ1v) is 9.92. The number of amides is 1. The topological polar surface area (TPSA) is 60.0 Å². The summed E-state index contributed by atoms with van der Waals surface area (Å²) in [6.07, 6.45) is 7.77. The van der Waals surface area contributed by atoms with Gasteiger partial charge in [0, 0.05) is 46.8 Å². The van der Waals surface area contributed by atoms with Gasteiger partial charge in [-0.3, -0.25) is 9.79 Å². The Morgan fingerprint density at radius 1 is 1.23 bits per heavy atom. The van der Waals surface area contributed by atoms with Crippen molar-refractivity contribution in [1.29, 1.82) is 0 Å². The third kappa shape index (κ3) is 6.25. The van der Waals surface area contributed by atoms with Gasteiger partial charge in [0.2, 0.25) is 5.91 Å². The SMILES string of the molecule is CCCN1CCC(NC(=NC)NCC2(C(=O)N(C)C)CCCC2)CC1.I. The summed E-state index contributed by atoms with van der Waals surface area (Å²) in [4.78, 5) is 21.3. The van der Waals surface area contributed by atoms with E-state index in [2.05, 4.69) is 27.4 Å². The average molecular weight is 479 g/mol. The van der Waals surface area contributed by atoms with Gasteiger partial charge in [-0.15, -0.1) is 24.0 Å². The molecule has 1 aliphatic heterocycles. The fourth-order valence-corrected chi connectivity index (χ4v) is 4.25. The lowest BCUT2D eigenvalue weighted by Gasteiger charge is -2.34. The van der Waals surface area contributed by atoms with E-state index in [1.165, 1.54) is 13.0 Å². The van der Waals surface area contributed by atoms with E-state index in [-0.39, 0.29) is 35.3 Å². The minimum atomic E-state index is -0.258. The number of piperidine rings is 1. The van der Waals surface area contributed by atoms with Crippen molar-refractivity contribution in [3.05, 3.63) is 0 Å². The van der Waals surface area contributed by atoms with Gasteiger partial charge < -0.3 is 20.4 Å². The van der Waals surface area contributed by atoms with Crippen LogP contribution in [0.2, 0.25) is 0 Å². The highest BCUT2D eigenvalue weighted by atomic mass is 127. The number of guanidine groups is 1. The van der Waals surface area contributed by atoms with Crippen molar-refractivity contribution in [2.45, 2.75) is 57.9 Å². The van der Waals surface area contributed by atoms with E-state index in [0.29, 0.717) is 12.6 Å². The first kappa shape index (κ1) is 23.5. The number of aliphatic imine (C=N–C) groups is 1. The molecule has 0 radical (unpaired) electrons. The summed E-state index contributed by atoms with van der Waals surface area (Å²) in [5, 5.41) is 7.01. The van der Waals surface area contributed by atoms with Gasteiger partial charge in [0.05, 0.1) is 5.41 Å². The molecule has 1 amide bonds. The van der Waals surface area contributed by atoms with Gasteiger partial charge in [0.25, 0.3) is 0 Å². The van der Waals surface area contributed by atoms with Crippen LogP contribution in [0.3, 0.4) is 0 Å². The van der Waals surface area contributed by atoms with Gasteiger partial charge in [-0.25, -0.2) is 0 Å². The number of likely N-dealkylation sites (tertiary alicyclic amines) is 1. The summed E-state index contributed by atoms with van der Waals surface area (Å²) >= 11 is 0. The molecule has 1 saturated heterocycles. The minimum Gasteiger partial charge on any atom is -0.355 e. The van der Waals surface area contributed by atoms with Crippen molar-refractivity contribution in [3.63, 3.8) is 0 Å². The second-order valence-corrected chi connectivity index (χ2v) is 7.87. The number of rotatable bonds is 6. The van der Waals surface area contributed by atoms with E-state index < -0.39 is 0 Å². The maximum absolute atomic E-state index is 12.7.